The highest BCUT2D eigenvalue weighted by atomic mass is 16.3. The van der Waals surface area contributed by atoms with E-state index in [9.17, 15) is 9.90 Å². The number of aliphatic hydroxyl groups excluding tert-OH is 1. The summed E-state index contributed by atoms with van der Waals surface area (Å²) in [6.07, 6.45) is 1.01. The molecule has 1 amide bonds. The molecule has 1 aliphatic rings. The van der Waals surface area contributed by atoms with E-state index in [1.165, 1.54) is 0 Å². The Morgan fingerprint density at radius 2 is 2.30 bits per heavy atom. The second-order valence-corrected chi connectivity index (χ2v) is 5.35. The summed E-state index contributed by atoms with van der Waals surface area (Å²) in [7, 11) is 0. The first kappa shape index (κ1) is 14.7. The van der Waals surface area contributed by atoms with E-state index in [-0.39, 0.29) is 18.6 Å². The van der Waals surface area contributed by atoms with E-state index in [2.05, 4.69) is 17.1 Å². The maximum Gasteiger partial charge on any atom is 0.253 e. The van der Waals surface area contributed by atoms with Gasteiger partial charge in [-0.05, 0) is 37.5 Å². The predicted molar refractivity (Wildman–Crippen MR) is 80.9 cm³/mol. The van der Waals surface area contributed by atoms with Crippen molar-refractivity contribution in [3.8, 4) is 0 Å². The first-order chi connectivity index (χ1) is 9.58. The minimum atomic E-state index is -0.0984. The molecule has 1 aromatic rings. The fourth-order valence-corrected chi connectivity index (χ4v) is 2.82. The summed E-state index contributed by atoms with van der Waals surface area (Å²) in [5.41, 5.74) is 7.94. The lowest BCUT2D eigenvalue weighted by atomic mass is 10.0. The maximum atomic E-state index is 12.2. The summed E-state index contributed by atoms with van der Waals surface area (Å²) in [5, 5.41) is 12.4. The highest BCUT2D eigenvalue weighted by molar-refractivity contribution is 6.00. The zero-order valence-corrected chi connectivity index (χ0v) is 12.1. The van der Waals surface area contributed by atoms with Crippen LogP contribution in [-0.4, -0.2) is 36.8 Å². The molecule has 0 bridgehead atoms. The van der Waals surface area contributed by atoms with E-state index in [4.69, 9.17) is 5.73 Å². The molecule has 2 atom stereocenters. The number of nitrogens with one attached hydrogen (secondary N) is 1. The Bertz CT molecular complexity index is 490. The molecule has 110 valence electrons. The van der Waals surface area contributed by atoms with Crippen molar-refractivity contribution in [2.24, 2.45) is 5.92 Å². The van der Waals surface area contributed by atoms with Gasteiger partial charge in [0.2, 0.25) is 0 Å². The van der Waals surface area contributed by atoms with Crippen molar-refractivity contribution >= 4 is 17.3 Å². The Hall–Kier alpha value is -1.75. The zero-order valence-electron chi connectivity index (χ0n) is 12.1. The van der Waals surface area contributed by atoms with Crippen LogP contribution in [0.1, 0.15) is 30.6 Å². The van der Waals surface area contributed by atoms with Crippen molar-refractivity contribution in [3.05, 3.63) is 23.8 Å². The van der Waals surface area contributed by atoms with Gasteiger partial charge >= 0.3 is 0 Å². The SMILES string of the molecule is CCNC(=O)c1ccc(N)cc1N1CCC(C)C1CO. The number of benzene rings is 1. The van der Waals surface area contributed by atoms with E-state index >= 15 is 0 Å². The first-order valence-corrected chi connectivity index (χ1v) is 7.13. The van der Waals surface area contributed by atoms with Crippen LogP contribution >= 0.6 is 0 Å². The van der Waals surface area contributed by atoms with Crippen molar-refractivity contribution in [2.75, 3.05) is 30.3 Å². The number of carbonyl (C=O) groups excluding carboxylic acids is 1. The Labute approximate surface area is 119 Å². The van der Waals surface area contributed by atoms with Gasteiger partial charge in [-0.3, -0.25) is 4.79 Å². The molecule has 5 nitrogen and oxygen atoms in total. The molecule has 1 heterocycles. The fourth-order valence-electron chi connectivity index (χ4n) is 2.82. The van der Waals surface area contributed by atoms with Gasteiger partial charge < -0.3 is 21.1 Å². The van der Waals surface area contributed by atoms with Gasteiger partial charge in [0.15, 0.2) is 0 Å². The van der Waals surface area contributed by atoms with Crippen molar-refractivity contribution < 1.29 is 9.90 Å². The molecular formula is C15H23N3O2. The molecule has 4 N–H and O–H groups in total. The lowest BCUT2D eigenvalue weighted by molar-refractivity contribution is 0.0956. The third-order valence-corrected chi connectivity index (χ3v) is 3.98. The monoisotopic (exact) mass is 277 g/mol. The van der Waals surface area contributed by atoms with Crippen LogP contribution in [0.5, 0.6) is 0 Å². The molecule has 1 fully saturated rings. The highest BCUT2D eigenvalue weighted by Gasteiger charge is 2.32. The van der Waals surface area contributed by atoms with Gasteiger partial charge in [-0.1, -0.05) is 6.92 Å². The summed E-state index contributed by atoms with van der Waals surface area (Å²) >= 11 is 0. The van der Waals surface area contributed by atoms with Crippen molar-refractivity contribution in [3.63, 3.8) is 0 Å². The third kappa shape index (κ3) is 2.72. The minimum absolute atomic E-state index is 0.0463. The maximum absolute atomic E-state index is 12.2. The van der Waals surface area contributed by atoms with E-state index in [0.717, 1.165) is 18.7 Å². The second kappa shape index (κ2) is 6.13. The van der Waals surface area contributed by atoms with Crippen LogP contribution in [0.4, 0.5) is 11.4 Å². The molecule has 0 aromatic heterocycles. The second-order valence-electron chi connectivity index (χ2n) is 5.35. The average Bonchev–Trinajstić information content (AvgIpc) is 2.79. The molecule has 0 aliphatic carbocycles. The number of carbonyl (C=O) groups is 1. The molecule has 0 saturated carbocycles. The molecule has 1 aromatic carbocycles. The molecule has 0 spiro atoms. The topological polar surface area (TPSA) is 78.6 Å². The molecule has 2 unspecified atom stereocenters. The number of nitrogens with zero attached hydrogens (tertiary/aromatic N) is 1. The van der Waals surface area contributed by atoms with Gasteiger partial charge in [0.05, 0.1) is 23.9 Å². The number of rotatable bonds is 4. The minimum Gasteiger partial charge on any atom is -0.399 e. The third-order valence-electron chi connectivity index (χ3n) is 3.98. The molecule has 1 aliphatic heterocycles. The van der Waals surface area contributed by atoms with E-state index in [0.29, 0.717) is 23.7 Å². The molecule has 2 rings (SSSR count). The normalized spacial score (nSPS) is 22.1. The largest absolute Gasteiger partial charge is 0.399 e. The number of nitrogens with two attached hydrogens (primary N) is 1. The molecule has 1 saturated heterocycles. The number of amides is 1. The van der Waals surface area contributed by atoms with Crippen molar-refractivity contribution in [1.82, 2.24) is 5.32 Å². The smallest absolute Gasteiger partial charge is 0.253 e. The van der Waals surface area contributed by atoms with Crippen molar-refractivity contribution in [2.45, 2.75) is 26.3 Å². The number of aliphatic hydroxyl groups is 1. The van der Waals surface area contributed by atoms with Crippen LogP contribution in [0.3, 0.4) is 0 Å². The number of nitrogen functional groups attached to an aromatic ring is 1. The predicted octanol–water partition coefficient (Wildman–Crippen LogP) is 1.23. The van der Waals surface area contributed by atoms with Gasteiger partial charge in [0, 0.05) is 18.8 Å². The molecule has 0 radical (unpaired) electrons. The van der Waals surface area contributed by atoms with E-state index < -0.39 is 0 Å². The van der Waals surface area contributed by atoms with Gasteiger partial charge in [0.25, 0.3) is 5.91 Å². The van der Waals surface area contributed by atoms with Crippen LogP contribution in [0, 0.1) is 5.92 Å². The van der Waals surface area contributed by atoms with E-state index in [1.54, 1.807) is 12.1 Å². The fraction of sp³-hybridized carbons (Fsp3) is 0.533. The van der Waals surface area contributed by atoms with Gasteiger partial charge in [-0.15, -0.1) is 0 Å². The Kier molecular flexibility index (Phi) is 4.49. The van der Waals surface area contributed by atoms with Crippen molar-refractivity contribution in [1.29, 1.82) is 0 Å². The van der Waals surface area contributed by atoms with E-state index in [1.807, 2.05) is 13.0 Å². The number of anilines is 2. The number of hydrogen-bond donors (Lipinski definition) is 3. The van der Waals surface area contributed by atoms with Crippen LogP contribution < -0.4 is 16.0 Å². The lowest BCUT2D eigenvalue weighted by Gasteiger charge is -2.29. The van der Waals surface area contributed by atoms with Gasteiger partial charge in [-0.2, -0.15) is 0 Å². The molecule has 5 heteroatoms. The van der Waals surface area contributed by atoms with Crippen LogP contribution in [0.2, 0.25) is 0 Å². The molecule has 20 heavy (non-hydrogen) atoms. The average molecular weight is 277 g/mol. The quantitative estimate of drug-likeness (QED) is 0.723. The van der Waals surface area contributed by atoms with Crippen LogP contribution in [0.15, 0.2) is 18.2 Å². The first-order valence-electron chi connectivity index (χ1n) is 7.13. The summed E-state index contributed by atoms with van der Waals surface area (Å²) in [4.78, 5) is 14.3. The molecular weight excluding hydrogens is 254 g/mol. The Balaban J connectivity index is 2.39. The standard InChI is InChI=1S/C15H23N3O2/c1-3-17-15(20)12-5-4-11(16)8-13(12)18-7-6-10(2)14(18)9-19/h4-5,8,10,14,19H,3,6-7,9,16H2,1-2H3,(H,17,20). The summed E-state index contributed by atoms with van der Waals surface area (Å²) < 4.78 is 0. The Morgan fingerprint density at radius 3 is 2.95 bits per heavy atom. The van der Waals surface area contributed by atoms with Crippen LogP contribution in [-0.2, 0) is 0 Å². The summed E-state index contributed by atoms with van der Waals surface area (Å²) in [5.74, 6) is 0.308. The lowest BCUT2D eigenvalue weighted by Crippen LogP contribution is -2.37. The van der Waals surface area contributed by atoms with Gasteiger partial charge in [0.1, 0.15) is 0 Å². The van der Waals surface area contributed by atoms with Crippen LogP contribution in [0.25, 0.3) is 0 Å². The highest BCUT2D eigenvalue weighted by Crippen LogP contribution is 2.33. The number of hydrogen-bond acceptors (Lipinski definition) is 4. The van der Waals surface area contributed by atoms with Gasteiger partial charge in [-0.25, -0.2) is 0 Å². The zero-order chi connectivity index (χ0) is 14.7. The summed E-state index contributed by atoms with van der Waals surface area (Å²) in [6.45, 7) is 5.53. The Morgan fingerprint density at radius 1 is 1.55 bits per heavy atom. The summed E-state index contributed by atoms with van der Waals surface area (Å²) in [6, 6.07) is 5.37.